The Morgan fingerprint density at radius 2 is 2.14 bits per heavy atom. The molecule has 2 aromatic rings. The zero-order valence-corrected chi connectivity index (χ0v) is 12.4. The summed E-state index contributed by atoms with van der Waals surface area (Å²) in [7, 11) is 0. The van der Waals surface area contributed by atoms with E-state index in [1.807, 2.05) is 0 Å². The zero-order valence-electron chi connectivity index (χ0n) is 10.8. The number of carboxylic acid groups (broad SMARTS) is 1. The van der Waals surface area contributed by atoms with Crippen LogP contribution in [0.1, 0.15) is 34.9 Å². The number of rotatable bonds is 4. The molecule has 7 heteroatoms. The van der Waals surface area contributed by atoms with E-state index in [1.54, 1.807) is 6.07 Å². The van der Waals surface area contributed by atoms with Crippen LogP contribution in [-0.4, -0.2) is 21.0 Å². The Hall–Kier alpha value is -2.15. The topological polar surface area (TPSA) is 92.3 Å². The zero-order chi connectivity index (χ0) is 15.0. The number of nitrogens with zero attached hydrogens (tertiary/aromatic N) is 1. The van der Waals surface area contributed by atoms with Crippen LogP contribution in [0.25, 0.3) is 0 Å². The Bertz CT molecular complexity index is 768. The average Bonchev–Trinajstić information content (AvgIpc) is 3.21. The van der Waals surface area contributed by atoms with E-state index in [4.69, 9.17) is 9.84 Å². The molecule has 0 spiro atoms. The van der Waals surface area contributed by atoms with Crippen molar-refractivity contribution in [3.8, 4) is 11.6 Å². The van der Waals surface area contributed by atoms with Crippen molar-refractivity contribution in [3.63, 3.8) is 0 Å². The van der Waals surface area contributed by atoms with Crippen molar-refractivity contribution in [2.24, 2.45) is 0 Å². The van der Waals surface area contributed by atoms with Gasteiger partial charge in [0.1, 0.15) is 17.1 Å². The first-order valence-electron chi connectivity index (χ1n) is 6.35. The number of hydrogen-bond donors (Lipinski definition) is 2. The molecular weight excluding hydrogens is 340 g/mol. The minimum atomic E-state index is -1.11. The van der Waals surface area contributed by atoms with E-state index in [0.29, 0.717) is 10.3 Å². The lowest BCUT2D eigenvalue weighted by molar-refractivity contribution is 0.0694. The summed E-state index contributed by atoms with van der Waals surface area (Å²) in [5, 5.41) is 9.16. The van der Waals surface area contributed by atoms with Crippen LogP contribution >= 0.6 is 15.9 Å². The smallest absolute Gasteiger partial charge is 0.339 e. The number of ether oxygens (including phenoxy) is 1. The van der Waals surface area contributed by atoms with Gasteiger partial charge in [-0.25, -0.2) is 4.79 Å². The molecule has 0 saturated heterocycles. The number of nitrogens with one attached hydrogen (secondary N) is 1. The molecule has 1 saturated carbocycles. The fourth-order valence-corrected chi connectivity index (χ4v) is 2.27. The number of halogens is 1. The molecule has 2 N–H and O–H groups in total. The summed E-state index contributed by atoms with van der Waals surface area (Å²) in [6.07, 6.45) is 1.98. The summed E-state index contributed by atoms with van der Waals surface area (Å²) in [6, 6.07) is 5.77. The third-order valence-electron chi connectivity index (χ3n) is 3.09. The van der Waals surface area contributed by atoms with E-state index in [0.717, 1.165) is 12.8 Å². The van der Waals surface area contributed by atoms with Gasteiger partial charge in [0, 0.05) is 10.4 Å². The van der Waals surface area contributed by atoms with Gasteiger partial charge in [0.2, 0.25) is 5.88 Å². The van der Waals surface area contributed by atoms with Gasteiger partial charge in [0.15, 0.2) is 0 Å². The molecule has 1 aromatic carbocycles. The summed E-state index contributed by atoms with van der Waals surface area (Å²) in [4.78, 5) is 29.7. The maximum absolute atomic E-state index is 11.6. The Morgan fingerprint density at radius 1 is 1.38 bits per heavy atom. The van der Waals surface area contributed by atoms with Gasteiger partial charge < -0.3 is 14.8 Å². The number of benzene rings is 1. The molecule has 0 bridgehead atoms. The molecule has 0 unspecified atom stereocenters. The fraction of sp³-hybridized carbons (Fsp3) is 0.214. The predicted molar refractivity (Wildman–Crippen MR) is 78.0 cm³/mol. The second kappa shape index (κ2) is 5.33. The third kappa shape index (κ3) is 3.13. The summed E-state index contributed by atoms with van der Waals surface area (Å²) in [5.74, 6) is -0.0187. The minimum Gasteiger partial charge on any atom is -0.478 e. The molecule has 3 rings (SSSR count). The SMILES string of the molecule is O=C(O)c1ccc(Br)cc1Oc1cc(=O)[nH]c(C2CC2)n1. The highest BCUT2D eigenvalue weighted by atomic mass is 79.9. The Morgan fingerprint density at radius 3 is 2.81 bits per heavy atom. The molecule has 108 valence electrons. The molecular formula is C14H11BrN2O4. The average molecular weight is 351 g/mol. The van der Waals surface area contributed by atoms with Crippen molar-refractivity contribution in [1.82, 2.24) is 9.97 Å². The van der Waals surface area contributed by atoms with Gasteiger partial charge in [-0.2, -0.15) is 4.98 Å². The number of aromatic carboxylic acids is 1. The molecule has 1 aromatic heterocycles. The highest BCUT2D eigenvalue weighted by Gasteiger charge is 2.26. The van der Waals surface area contributed by atoms with Gasteiger partial charge in [0.05, 0.1) is 6.07 Å². The van der Waals surface area contributed by atoms with Gasteiger partial charge in [-0.15, -0.1) is 0 Å². The number of carboxylic acids is 1. The highest BCUT2D eigenvalue weighted by molar-refractivity contribution is 9.10. The monoisotopic (exact) mass is 350 g/mol. The quantitative estimate of drug-likeness (QED) is 0.884. The largest absolute Gasteiger partial charge is 0.478 e. The molecule has 6 nitrogen and oxygen atoms in total. The van der Waals surface area contributed by atoms with Gasteiger partial charge in [-0.3, -0.25) is 4.79 Å². The summed E-state index contributed by atoms with van der Waals surface area (Å²) in [6.45, 7) is 0. The number of aromatic nitrogens is 2. The van der Waals surface area contributed by atoms with Gasteiger partial charge in [-0.05, 0) is 31.0 Å². The third-order valence-corrected chi connectivity index (χ3v) is 3.58. The first-order chi connectivity index (χ1) is 10.0. The van der Waals surface area contributed by atoms with Crippen molar-refractivity contribution >= 4 is 21.9 Å². The van der Waals surface area contributed by atoms with E-state index in [9.17, 15) is 9.59 Å². The first kappa shape index (κ1) is 13.8. The van der Waals surface area contributed by atoms with Crippen molar-refractivity contribution in [2.45, 2.75) is 18.8 Å². The van der Waals surface area contributed by atoms with Crippen molar-refractivity contribution in [1.29, 1.82) is 0 Å². The Labute approximate surface area is 127 Å². The number of aromatic amines is 1. The standard InChI is InChI=1S/C14H11BrN2O4/c15-8-3-4-9(14(19)20)10(5-8)21-12-6-11(18)16-13(17-12)7-1-2-7/h3-7H,1-2H2,(H,19,20)(H,16,17,18). The highest BCUT2D eigenvalue weighted by Crippen LogP contribution is 2.38. The molecule has 0 atom stereocenters. The first-order valence-corrected chi connectivity index (χ1v) is 7.14. The molecule has 1 aliphatic rings. The van der Waals surface area contributed by atoms with Gasteiger partial charge >= 0.3 is 5.97 Å². The molecule has 1 heterocycles. The summed E-state index contributed by atoms with van der Waals surface area (Å²) < 4.78 is 6.18. The van der Waals surface area contributed by atoms with Crippen LogP contribution in [0.3, 0.4) is 0 Å². The summed E-state index contributed by atoms with van der Waals surface area (Å²) in [5.41, 5.74) is -0.304. The van der Waals surface area contributed by atoms with Crippen LogP contribution in [0, 0.1) is 0 Å². The van der Waals surface area contributed by atoms with E-state index in [1.165, 1.54) is 18.2 Å². The number of carbonyl (C=O) groups is 1. The van der Waals surface area contributed by atoms with Crippen LogP contribution in [0.15, 0.2) is 33.5 Å². The van der Waals surface area contributed by atoms with Crippen LogP contribution < -0.4 is 10.3 Å². The molecule has 0 aliphatic heterocycles. The lowest BCUT2D eigenvalue weighted by Gasteiger charge is -2.09. The van der Waals surface area contributed by atoms with Crippen molar-refractivity contribution in [3.05, 3.63) is 50.5 Å². The Kier molecular flexibility index (Phi) is 3.50. The summed E-state index contributed by atoms with van der Waals surface area (Å²) >= 11 is 3.26. The second-order valence-electron chi connectivity index (χ2n) is 4.79. The van der Waals surface area contributed by atoms with Crippen molar-refractivity contribution in [2.75, 3.05) is 0 Å². The normalized spacial score (nSPS) is 14.0. The van der Waals surface area contributed by atoms with Crippen LogP contribution in [0.2, 0.25) is 0 Å². The number of hydrogen-bond acceptors (Lipinski definition) is 4. The lowest BCUT2D eigenvalue weighted by Crippen LogP contribution is -2.11. The van der Waals surface area contributed by atoms with E-state index in [2.05, 4.69) is 25.9 Å². The van der Waals surface area contributed by atoms with E-state index in [-0.39, 0.29) is 28.7 Å². The van der Waals surface area contributed by atoms with Crippen LogP contribution in [0.5, 0.6) is 11.6 Å². The van der Waals surface area contributed by atoms with Crippen LogP contribution in [0.4, 0.5) is 0 Å². The van der Waals surface area contributed by atoms with Gasteiger partial charge in [-0.1, -0.05) is 15.9 Å². The Balaban J connectivity index is 1.98. The predicted octanol–water partition coefficient (Wildman–Crippen LogP) is 2.90. The molecule has 0 radical (unpaired) electrons. The maximum Gasteiger partial charge on any atom is 0.339 e. The van der Waals surface area contributed by atoms with Gasteiger partial charge in [0.25, 0.3) is 5.56 Å². The van der Waals surface area contributed by atoms with Crippen molar-refractivity contribution < 1.29 is 14.6 Å². The minimum absolute atomic E-state index is 0.00764. The van der Waals surface area contributed by atoms with E-state index >= 15 is 0 Å². The molecule has 1 fully saturated rings. The van der Waals surface area contributed by atoms with E-state index < -0.39 is 5.97 Å². The lowest BCUT2D eigenvalue weighted by atomic mass is 10.2. The fourth-order valence-electron chi connectivity index (χ4n) is 1.93. The maximum atomic E-state index is 11.6. The second-order valence-corrected chi connectivity index (χ2v) is 5.71. The molecule has 0 amide bonds. The van der Waals surface area contributed by atoms with Crippen LogP contribution in [-0.2, 0) is 0 Å². The number of H-pyrrole nitrogens is 1. The molecule has 1 aliphatic carbocycles. The molecule has 21 heavy (non-hydrogen) atoms.